The predicted molar refractivity (Wildman–Crippen MR) is 68.0 cm³/mol. The monoisotopic (exact) mass is 230 g/mol. The van der Waals surface area contributed by atoms with Crippen LogP contribution in [0.15, 0.2) is 30.5 Å². The molecular weight excluding hydrogens is 212 g/mol. The highest BCUT2D eigenvalue weighted by molar-refractivity contribution is 5.94. The summed E-state index contributed by atoms with van der Waals surface area (Å²) in [7, 11) is 0. The Morgan fingerprint density at radius 3 is 2.35 bits per heavy atom. The number of amides is 1. The molecule has 0 radical (unpaired) electrons. The minimum Gasteiger partial charge on any atom is -0.331 e. The molecule has 0 aromatic carbocycles. The molecule has 1 amide bonds. The van der Waals surface area contributed by atoms with Crippen molar-refractivity contribution in [3.05, 3.63) is 41.7 Å². The van der Waals surface area contributed by atoms with Crippen molar-refractivity contribution < 1.29 is 4.79 Å². The van der Waals surface area contributed by atoms with Crippen molar-refractivity contribution in [1.29, 1.82) is 0 Å². The molecule has 0 fully saturated rings. The summed E-state index contributed by atoms with van der Waals surface area (Å²) in [5.74, 6) is 0.0583. The molecule has 0 saturated carbocycles. The van der Waals surface area contributed by atoms with Crippen LogP contribution in [-0.2, 0) is 5.41 Å². The summed E-state index contributed by atoms with van der Waals surface area (Å²) in [6, 6.07) is 3.81. The van der Waals surface area contributed by atoms with Crippen LogP contribution in [0.25, 0.3) is 0 Å². The number of hydrogen-bond acceptors (Lipinski definition) is 2. The molecule has 3 heteroatoms. The van der Waals surface area contributed by atoms with Crippen LogP contribution in [0.2, 0.25) is 0 Å². The topological polar surface area (TPSA) is 33.2 Å². The molecule has 0 saturated heterocycles. The zero-order chi connectivity index (χ0) is 12.5. The maximum absolute atomic E-state index is 12.1. The van der Waals surface area contributed by atoms with Gasteiger partial charge in [-0.1, -0.05) is 32.9 Å². The Labute approximate surface area is 102 Å². The molecule has 0 aliphatic carbocycles. The van der Waals surface area contributed by atoms with Gasteiger partial charge >= 0.3 is 0 Å². The predicted octanol–water partition coefficient (Wildman–Crippen LogP) is 2.39. The lowest BCUT2D eigenvalue weighted by Gasteiger charge is -2.19. The molecular formula is C14H18N2O. The van der Waals surface area contributed by atoms with E-state index in [-0.39, 0.29) is 11.3 Å². The molecule has 0 unspecified atom stereocenters. The van der Waals surface area contributed by atoms with Crippen LogP contribution in [0.5, 0.6) is 0 Å². The van der Waals surface area contributed by atoms with Gasteiger partial charge in [0.2, 0.25) is 0 Å². The van der Waals surface area contributed by atoms with Gasteiger partial charge in [-0.25, -0.2) is 0 Å². The average Bonchev–Trinajstić information content (AvgIpc) is 2.80. The van der Waals surface area contributed by atoms with Crippen molar-refractivity contribution in [3.63, 3.8) is 0 Å². The largest absolute Gasteiger partial charge is 0.331 e. The van der Waals surface area contributed by atoms with Crippen molar-refractivity contribution in [1.82, 2.24) is 9.88 Å². The highest BCUT2D eigenvalue weighted by Gasteiger charge is 2.19. The van der Waals surface area contributed by atoms with Crippen LogP contribution in [0.4, 0.5) is 0 Å². The van der Waals surface area contributed by atoms with Crippen molar-refractivity contribution in [2.24, 2.45) is 0 Å². The Bertz CT molecular complexity index is 432. The van der Waals surface area contributed by atoms with Crippen molar-refractivity contribution in [2.75, 3.05) is 13.1 Å². The molecule has 0 spiro atoms. The second kappa shape index (κ2) is 4.32. The first-order chi connectivity index (χ1) is 7.98. The standard InChI is InChI=1S/C14H18N2O/c1-14(2,3)12-7-6-11(10-15-12)13(17)16-8-4-5-9-16/h4-7,10H,8-9H2,1-3H3. The third kappa shape index (κ3) is 2.54. The van der Waals surface area contributed by atoms with Crippen LogP contribution < -0.4 is 0 Å². The van der Waals surface area contributed by atoms with Gasteiger partial charge in [-0.3, -0.25) is 9.78 Å². The minimum atomic E-state index is 0.0246. The summed E-state index contributed by atoms with van der Waals surface area (Å²) >= 11 is 0. The van der Waals surface area contributed by atoms with Crippen molar-refractivity contribution in [2.45, 2.75) is 26.2 Å². The lowest BCUT2D eigenvalue weighted by molar-refractivity contribution is 0.0799. The Morgan fingerprint density at radius 1 is 1.24 bits per heavy atom. The van der Waals surface area contributed by atoms with Gasteiger partial charge in [0.25, 0.3) is 5.91 Å². The number of rotatable bonds is 1. The molecule has 0 bridgehead atoms. The lowest BCUT2D eigenvalue weighted by Crippen LogP contribution is -2.28. The van der Waals surface area contributed by atoms with E-state index in [2.05, 4.69) is 25.8 Å². The van der Waals surface area contributed by atoms with E-state index in [0.29, 0.717) is 18.7 Å². The number of carbonyl (C=O) groups is 1. The Morgan fingerprint density at radius 2 is 1.88 bits per heavy atom. The number of aromatic nitrogens is 1. The minimum absolute atomic E-state index is 0.0246. The van der Waals surface area contributed by atoms with E-state index in [1.54, 1.807) is 11.1 Å². The van der Waals surface area contributed by atoms with Crippen molar-refractivity contribution in [3.8, 4) is 0 Å². The maximum atomic E-state index is 12.1. The van der Waals surface area contributed by atoms with Crippen LogP contribution in [0.3, 0.4) is 0 Å². The van der Waals surface area contributed by atoms with Gasteiger partial charge in [0.1, 0.15) is 0 Å². The van der Waals surface area contributed by atoms with E-state index in [0.717, 1.165) is 5.69 Å². The first-order valence-corrected chi connectivity index (χ1v) is 5.89. The molecule has 3 nitrogen and oxygen atoms in total. The Hall–Kier alpha value is -1.64. The quantitative estimate of drug-likeness (QED) is 0.694. The zero-order valence-electron chi connectivity index (χ0n) is 10.6. The SMILES string of the molecule is CC(C)(C)c1ccc(C(=O)N2CC=CC2)cn1. The smallest absolute Gasteiger partial charge is 0.255 e. The molecule has 2 heterocycles. The van der Waals surface area contributed by atoms with Crippen LogP contribution in [0.1, 0.15) is 36.8 Å². The number of nitrogens with zero attached hydrogens (tertiary/aromatic N) is 2. The van der Waals surface area contributed by atoms with E-state index in [9.17, 15) is 4.79 Å². The summed E-state index contributed by atoms with van der Waals surface area (Å²) in [5, 5.41) is 0. The lowest BCUT2D eigenvalue weighted by atomic mass is 9.91. The molecule has 17 heavy (non-hydrogen) atoms. The Kier molecular flexibility index (Phi) is 3.01. The van der Waals surface area contributed by atoms with Crippen molar-refractivity contribution >= 4 is 5.91 Å². The summed E-state index contributed by atoms with van der Waals surface area (Å²) in [6.45, 7) is 7.75. The molecule has 1 aliphatic rings. The third-order valence-corrected chi connectivity index (χ3v) is 2.88. The number of carbonyl (C=O) groups excluding carboxylic acids is 1. The average molecular weight is 230 g/mol. The van der Waals surface area contributed by atoms with E-state index in [4.69, 9.17) is 0 Å². The summed E-state index contributed by atoms with van der Waals surface area (Å²) in [5.41, 5.74) is 1.70. The highest BCUT2D eigenvalue weighted by Crippen LogP contribution is 2.20. The zero-order valence-corrected chi connectivity index (χ0v) is 10.6. The summed E-state index contributed by atoms with van der Waals surface area (Å²) < 4.78 is 0. The van der Waals surface area contributed by atoms with Gasteiger partial charge in [0, 0.05) is 30.4 Å². The molecule has 1 aromatic heterocycles. The fourth-order valence-corrected chi connectivity index (χ4v) is 1.79. The summed E-state index contributed by atoms with van der Waals surface area (Å²) in [6.07, 6.45) is 5.70. The fraction of sp³-hybridized carbons (Fsp3) is 0.429. The second-order valence-corrected chi connectivity index (χ2v) is 5.36. The van der Waals surface area contributed by atoms with Gasteiger partial charge < -0.3 is 4.90 Å². The number of hydrogen-bond donors (Lipinski definition) is 0. The molecule has 0 N–H and O–H groups in total. The van der Waals surface area contributed by atoms with E-state index >= 15 is 0 Å². The first-order valence-electron chi connectivity index (χ1n) is 5.89. The van der Waals surface area contributed by atoms with E-state index in [1.807, 2.05) is 24.3 Å². The fourth-order valence-electron chi connectivity index (χ4n) is 1.79. The van der Waals surface area contributed by atoms with Gasteiger partial charge in [0.05, 0.1) is 5.56 Å². The number of pyridine rings is 1. The highest BCUT2D eigenvalue weighted by atomic mass is 16.2. The molecule has 1 aliphatic heterocycles. The molecule has 1 aromatic rings. The van der Waals surface area contributed by atoms with Gasteiger partial charge in [-0.2, -0.15) is 0 Å². The Balaban J connectivity index is 2.15. The normalized spacial score (nSPS) is 15.4. The first kappa shape index (κ1) is 11.8. The van der Waals surface area contributed by atoms with Crippen LogP contribution in [0, 0.1) is 0 Å². The van der Waals surface area contributed by atoms with Gasteiger partial charge in [0.15, 0.2) is 0 Å². The second-order valence-electron chi connectivity index (χ2n) is 5.36. The molecule has 90 valence electrons. The van der Waals surface area contributed by atoms with E-state index in [1.165, 1.54) is 0 Å². The van der Waals surface area contributed by atoms with Crippen LogP contribution in [-0.4, -0.2) is 28.9 Å². The molecule has 2 rings (SSSR count). The van der Waals surface area contributed by atoms with E-state index < -0.39 is 0 Å². The van der Waals surface area contributed by atoms with Crippen LogP contribution >= 0.6 is 0 Å². The van der Waals surface area contributed by atoms with Gasteiger partial charge in [-0.15, -0.1) is 0 Å². The van der Waals surface area contributed by atoms with Gasteiger partial charge in [-0.05, 0) is 12.1 Å². The molecule has 0 atom stereocenters. The summed E-state index contributed by atoms with van der Waals surface area (Å²) in [4.78, 5) is 18.2. The maximum Gasteiger partial charge on any atom is 0.255 e. The third-order valence-electron chi connectivity index (χ3n) is 2.88.